The number of hydrogen-bond acceptors (Lipinski definition) is 5. The van der Waals surface area contributed by atoms with E-state index in [1.807, 2.05) is 55.5 Å². The summed E-state index contributed by atoms with van der Waals surface area (Å²) in [5.74, 6) is 0.516. The average molecular weight is 455 g/mol. The molecule has 0 saturated heterocycles. The van der Waals surface area contributed by atoms with Gasteiger partial charge in [-0.3, -0.25) is 14.6 Å². The number of aryl methyl sites for hydroxylation is 1. The number of pyridine rings is 1. The molecule has 1 amide bonds. The number of carbonyl (C=O) groups excluding carboxylic acids is 1. The molecule has 0 bridgehead atoms. The Balaban J connectivity index is 1.66. The van der Waals surface area contributed by atoms with E-state index in [-0.39, 0.29) is 17.1 Å². The lowest BCUT2D eigenvalue weighted by Gasteiger charge is -2.25. The largest absolute Gasteiger partial charge is 0.494 e. The van der Waals surface area contributed by atoms with Crippen LogP contribution < -0.4 is 10.2 Å². The van der Waals surface area contributed by atoms with Gasteiger partial charge in [-0.2, -0.15) is 0 Å². The minimum Gasteiger partial charge on any atom is -0.494 e. The lowest BCUT2D eigenvalue weighted by molar-refractivity contribution is 0.0714. The topological polar surface area (TPSA) is 72.6 Å². The predicted molar refractivity (Wildman–Crippen MR) is 130 cm³/mol. The molecule has 0 N–H and O–H groups in total. The fraction of sp³-hybridized carbons (Fsp3) is 0.250. The highest BCUT2D eigenvalue weighted by Gasteiger charge is 2.42. The van der Waals surface area contributed by atoms with Gasteiger partial charge in [0.25, 0.3) is 5.91 Å². The van der Waals surface area contributed by atoms with Crippen molar-refractivity contribution in [3.63, 3.8) is 0 Å². The first-order valence-electron chi connectivity index (χ1n) is 11.6. The van der Waals surface area contributed by atoms with E-state index in [0.29, 0.717) is 35.4 Å². The molecule has 2 aromatic heterocycles. The maximum absolute atomic E-state index is 13.7. The van der Waals surface area contributed by atoms with Crippen molar-refractivity contribution >= 4 is 16.9 Å². The van der Waals surface area contributed by atoms with Gasteiger partial charge in [-0.05, 0) is 54.8 Å². The summed E-state index contributed by atoms with van der Waals surface area (Å²) in [6.45, 7) is 4.96. The fourth-order valence-electron chi connectivity index (χ4n) is 4.44. The van der Waals surface area contributed by atoms with Crippen molar-refractivity contribution in [1.82, 2.24) is 9.88 Å². The number of ether oxygens (including phenoxy) is 1. The molecule has 6 nitrogen and oxygen atoms in total. The van der Waals surface area contributed by atoms with Gasteiger partial charge >= 0.3 is 0 Å². The second kappa shape index (κ2) is 9.14. The minimum atomic E-state index is -0.585. The lowest BCUT2D eigenvalue weighted by atomic mass is 9.97. The van der Waals surface area contributed by atoms with E-state index in [1.54, 1.807) is 23.4 Å². The molecule has 0 spiro atoms. The Morgan fingerprint density at radius 1 is 1.09 bits per heavy atom. The highest BCUT2D eigenvalue weighted by Crippen LogP contribution is 2.40. The van der Waals surface area contributed by atoms with E-state index in [1.165, 1.54) is 0 Å². The van der Waals surface area contributed by atoms with E-state index >= 15 is 0 Å². The lowest BCUT2D eigenvalue weighted by Crippen LogP contribution is -2.29. The molecular weight excluding hydrogens is 428 g/mol. The maximum Gasteiger partial charge on any atom is 0.291 e. The van der Waals surface area contributed by atoms with Crippen LogP contribution in [0.2, 0.25) is 0 Å². The van der Waals surface area contributed by atoms with Crippen LogP contribution in [0.5, 0.6) is 5.75 Å². The third-order valence-electron chi connectivity index (χ3n) is 6.14. The van der Waals surface area contributed by atoms with Crippen molar-refractivity contribution in [2.24, 2.45) is 0 Å². The van der Waals surface area contributed by atoms with Gasteiger partial charge in [-0.25, -0.2) is 0 Å². The zero-order chi connectivity index (χ0) is 23.7. The molecule has 0 fully saturated rings. The van der Waals surface area contributed by atoms with Gasteiger partial charge in [0.1, 0.15) is 11.3 Å². The smallest absolute Gasteiger partial charge is 0.291 e. The number of fused-ring (bicyclic) bond motifs is 2. The van der Waals surface area contributed by atoms with Crippen LogP contribution in [0.25, 0.3) is 11.0 Å². The Labute approximate surface area is 197 Å². The molecule has 0 unspecified atom stereocenters. The molecule has 34 heavy (non-hydrogen) atoms. The van der Waals surface area contributed by atoms with Crippen molar-refractivity contribution in [1.29, 1.82) is 0 Å². The molecule has 0 aliphatic carbocycles. The van der Waals surface area contributed by atoms with Crippen molar-refractivity contribution < 1.29 is 13.9 Å². The van der Waals surface area contributed by atoms with Crippen molar-refractivity contribution in [3.05, 3.63) is 105 Å². The van der Waals surface area contributed by atoms with Crippen molar-refractivity contribution in [2.75, 3.05) is 6.61 Å². The number of unbranched alkanes of at least 4 members (excludes halogenated alkanes) is 1. The summed E-state index contributed by atoms with van der Waals surface area (Å²) in [6, 6.07) is 16.2. The first kappa shape index (κ1) is 21.9. The van der Waals surface area contributed by atoms with E-state index in [0.717, 1.165) is 29.5 Å². The molecule has 1 aliphatic rings. The van der Waals surface area contributed by atoms with E-state index < -0.39 is 6.04 Å². The molecule has 4 aromatic rings. The highest BCUT2D eigenvalue weighted by atomic mass is 16.5. The second-order valence-electron chi connectivity index (χ2n) is 8.64. The number of aromatic nitrogens is 1. The zero-order valence-corrected chi connectivity index (χ0v) is 19.3. The molecule has 1 aliphatic heterocycles. The number of carbonyl (C=O) groups is 1. The van der Waals surface area contributed by atoms with E-state index in [2.05, 4.69) is 11.9 Å². The number of amides is 1. The summed E-state index contributed by atoms with van der Waals surface area (Å²) in [5.41, 5.74) is 3.25. The van der Waals surface area contributed by atoms with Crippen LogP contribution in [0.15, 0.2) is 76.2 Å². The Morgan fingerprint density at radius 3 is 2.76 bits per heavy atom. The molecule has 172 valence electrons. The second-order valence-corrected chi connectivity index (χ2v) is 8.64. The van der Waals surface area contributed by atoms with Gasteiger partial charge in [-0.15, -0.1) is 0 Å². The molecule has 1 atom stereocenters. The Bertz CT molecular complexity index is 1410. The number of hydrogen-bond donors (Lipinski definition) is 0. The summed E-state index contributed by atoms with van der Waals surface area (Å²) < 4.78 is 12.0. The summed E-state index contributed by atoms with van der Waals surface area (Å²) in [6.07, 6.45) is 5.42. The molecule has 2 aromatic carbocycles. The van der Waals surface area contributed by atoms with Gasteiger partial charge in [0, 0.05) is 18.9 Å². The summed E-state index contributed by atoms with van der Waals surface area (Å²) >= 11 is 0. The van der Waals surface area contributed by atoms with Crippen molar-refractivity contribution in [3.8, 4) is 5.75 Å². The summed E-state index contributed by atoms with van der Waals surface area (Å²) in [7, 11) is 0. The standard InChI is InChI=1S/C28H26N2O4/c1-3-4-13-33-21-9-5-8-20(15-21)25-24-26(31)22-14-18(2)10-11-23(22)34-27(24)28(32)30(25)17-19-7-6-12-29-16-19/h5-12,14-16,25H,3-4,13,17H2,1-2H3/t25-/m0/s1. The predicted octanol–water partition coefficient (Wildman–Crippen LogP) is 5.42. The van der Waals surface area contributed by atoms with Crippen LogP contribution in [-0.2, 0) is 6.54 Å². The Hall–Kier alpha value is -3.93. The number of benzene rings is 2. The first-order chi connectivity index (χ1) is 16.6. The van der Waals surface area contributed by atoms with E-state index in [4.69, 9.17) is 9.15 Å². The van der Waals surface area contributed by atoms with E-state index in [9.17, 15) is 9.59 Å². The Morgan fingerprint density at radius 2 is 1.97 bits per heavy atom. The maximum atomic E-state index is 13.7. The quantitative estimate of drug-likeness (QED) is 0.349. The third-order valence-corrected chi connectivity index (χ3v) is 6.14. The Kier molecular flexibility index (Phi) is 5.88. The number of nitrogens with zero attached hydrogens (tertiary/aromatic N) is 2. The molecule has 0 saturated carbocycles. The molecule has 3 heterocycles. The van der Waals surface area contributed by atoms with Gasteiger partial charge in [0.15, 0.2) is 5.43 Å². The average Bonchev–Trinajstić information content (AvgIpc) is 3.12. The van der Waals surface area contributed by atoms with Crippen LogP contribution in [0.3, 0.4) is 0 Å². The summed E-state index contributed by atoms with van der Waals surface area (Å²) in [5, 5.41) is 0.482. The normalized spacial score (nSPS) is 15.1. The highest BCUT2D eigenvalue weighted by molar-refractivity contribution is 5.99. The molecule has 0 radical (unpaired) electrons. The fourth-order valence-corrected chi connectivity index (χ4v) is 4.44. The summed E-state index contributed by atoms with van der Waals surface area (Å²) in [4.78, 5) is 33.2. The van der Waals surface area contributed by atoms with Gasteiger partial charge in [0.05, 0.1) is 23.6 Å². The molecule has 6 heteroatoms. The van der Waals surface area contributed by atoms with Crippen LogP contribution in [0.4, 0.5) is 0 Å². The van der Waals surface area contributed by atoms with Crippen molar-refractivity contribution in [2.45, 2.75) is 39.3 Å². The first-order valence-corrected chi connectivity index (χ1v) is 11.6. The molecule has 5 rings (SSSR count). The van der Waals surface area contributed by atoms with Crippen LogP contribution in [-0.4, -0.2) is 22.4 Å². The number of rotatable bonds is 7. The zero-order valence-electron chi connectivity index (χ0n) is 19.3. The van der Waals surface area contributed by atoms with Crippen LogP contribution >= 0.6 is 0 Å². The molecular formula is C28H26N2O4. The monoisotopic (exact) mass is 454 g/mol. The third kappa shape index (κ3) is 3.96. The SMILES string of the molecule is CCCCOc1cccc([C@H]2c3c(oc4ccc(C)cc4c3=O)C(=O)N2Cc2cccnc2)c1. The van der Waals surface area contributed by atoms with Crippen LogP contribution in [0.1, 0.15) is 58.6 Å². The minimum absolute atomic E-state index is 0.104. The van der Waals surface area contributed by atoms with Gasteiger partial charge < -0.3 is 14.1 Å². The van der Waals surface area contributed by atoms with Gasteiger partial charge in [0.2, 0.25) is 5.76 Å². The van der Waals surface area contributed by atoms with Gasteiger partial charge in [-0.1, -0.05) is 43.2 Å². The van der Waals surface area contributed by atoms with Crippen LogP contribution in [0, 0.1) is 6.92 Å².